The van der Waals surface area contributed by atoms with Crippen LogP contribution in [0.4, 0.5) is 0 Å². The van der Waals surface area contributed by atoms with Gasteiger partial charge in [0, 0.05) is 29.7 Å². The summed E-state index contributed by atoms with van der Waals surface area (Å²) in [6, 6.07) is 9.01. The third kappa shape index (κ3) is 6.27. The number of nitrogens with zero attached hydrogens (tertiary/aromatic N) is 5. The first-order chi connectivity index (χ1) is 16.0. The van der Waals surface area contributed by atoms with Crippen molar-refractivity contribution in [2.75, 3.05) is 39.2 Å². The lowest BCUT2D eigenvalue weighted by atomic mass is 10.2. The molecule has 1 aromatic carbocycles. The van der Waals surface area contributed by atoms with Gasteiger partial charge in [-0.3, -0.25) is 4.79 Å². The summed E-state index contributed by atoms with van der Waals surface area (Å²) in [5.41, 5.74) is 0.791. The number of benzene rings is 1. The maximum Gasteiger partial charge on any atom is 0.256 e. The topological polar surface area (TPSA) is 91.1 Å². The lowest BCUT2D eigenvalue weighted by molar-refractivity contribution is -0.140. The SMILES string of the molecule is CSc1nc2nc(C)cc(OCC3CN(C(=O)CCCOc4ccc(Cl)cc4)CCO3)n2n1. The average molecular weight is 492 g/mol. The number of carbonyl (C=O) groups is 1. The summed E-state index contributed by atoms with van der Waals surface area (Å²) in [6.45, 7) is 4.19. The van der Waals surface area contributed by atoms with Crippen LogP contribution in [0.2, 0.25) is 5.02 Å². The summed E-state index contributed by atoms with van der Waals surface area (Å²) in [5, 5.41) is 5.70. The lowest BCUT2D eigenvalue weighted by Crippen LogP contribution is -2.47. The zero-order valence-electron chi connectivity index (χ0n) is 18.6. The highest BCUT2D eigenvalue weighted by Crippen LogP contribution is 2.19. The van der Waals surface area contributed by atoms with Gasteiger partial charge in [-0.05, 0) is 43.9 Å². The van der Waals surface area contributed by atoms with Crippen LogP contribution in [0.15, 0.2) is 35.5 Å². The van der Waals surface area contributed by atoms with E-state index in [4.69, 9.17) is 25.8 Å². The zero-order valence-corrected chi connectivity index (χ0v) is 20.1. The van der Waals surface area contributed by atoms with Gasteiger partial charge in [0.1, 0.15) is 18.5 Å². The van der Waals surface area contributed by atoms with E-state index in [1.807, 2.05) is 36.3 Å². The summed E-state index contributed by atoms with van der Waals surface area (Å²) >= 11 is 7.32. The number of aryl methyl sites for hydroxylation is 1. The first-order valence-corrected chi connectivity index (χ1v) is 12.3. The van der Waals surface area contributed by atoms with E-state index in [0.29, 0.717) is 67.6 Å². The molecule has 9 nitrogen and oxygen atoms in total. The van der Waals surface area contributed by atoms with Gasteiger partial charge in [0.2, 0.25) is 16.9 Å². The molecule has 0 N–H and O–H groups in total. The molecule has 1 unspecified atom stereocenters. The molecule has 1 fully saturated rings. The normalized spacial score (nSPS) is 16.2. The van der Waals surface area contributed by atoms with Crippen molar-refractivity contribution in [3.05, 3.63) is 41.0 Å². The first-order valence-electron chi connectivity index (χ1n) is 10.7. The van der Waals surface area contributed by atoms with E-state index in [1.165, 1.54) is 11.8 Å². The van der Waals surface area contributed by atoms with Crippen LogP contribution in [0.1, 0.15) is 18.5 Å². The van der Waals surface area contributed by atoms with Crippen molar-refractivity contribution in [1.29, 1.82) is 0 Å². The fourth-order valence-corrected chi connectivity index (χ4v) is 3.91. The fourth-order valence-electron chi connectivity index (χ4n) is 3.45. The minimum absolute atomic E-state index is 0.0889. The van der Waals surface area contributed by atoms with Gasteiger partial charge in [-0.25, -0.2) is 4.98 Å². The Kier molecular flexibility index (Phi) is 7.89. The van der Waals surface area contributed by atoms with Crippen molar-refractivity contribution < 1.29 is 19.0 Å². The molecule has 0 radical (unpaired) electrons. The van der Waals surface area contributed by atoms with Crippen molar-refractivity contribution in [3.63, 3.8) is 0 Å². The molecule has 11 heteroatoms. The summed E-state index contributed by atoms with van der Waals surface area (Å²) in [7, 11) is 0. The zero-order chi connectivity index (χ0) is 23.2. The van der Waals surface area contributed by atoms with Crippen LogP contribution in [0.3, 0.4) is 0 Å². The first kappa shape index (κ1) is 23.6. The second-order valence-corrected chi connectivity index (χ2v) is 8.81. The number of carbonyl (C=O) groups excluding carboxylic acids is 1. The lowest BCUT2D eigenvalue weighted by Gasteiger charge is -2.33. The Labute approximate surface area is 201 Å². The van der Waals surface area contributed by atoms with Crippen molar-refractivity contribution in [2.45, 2.75) is 31.0 Å². The van der Waals surface area contributed by atoms with E-state index in [9.17, 15) is 4.79 Å². The molecule has 1 aliphatic rings. The van der Waals surface area contributed by atoms with Crippen LogP contribution < -0.4 is 9.47 Å². The Morgan fingerprint density at radius 3 is 2.88 bits per heavy atom. The Morgan fingerprint density at radius 2 is 2.09 bits per heavy atom. The highest BCUT2D eigenvalue weighted by atomic mass is 35.5. The Hall–Kier alpha value is -2.56. The molecule has 1 aliphatic heterocycles. The molecule has 1 amide bonds. The van der Waals surface area contributed by atoms with E-state index < -0.39 is 0 Å². The minimum Gasteiger partial charge on any atom is -0.494 e. The Bertz CT molecular complexity index is 1090. The molecule has 3 aromatic rings. The summed E-state index contributed by atoms with van der Waals surface area (Å²) in [5.74, 6) is 1.88. The van der Waals surface area contributed by atoms with Crippen LogP contribution in [0, 0.1) is 6.92 Å². The molecule has 2 aromatic heterocycles. The largest absolute Gasteiger partial charge is 0.494 e. The number of fused-ring (bicyclic) bond motifs is 1. The molecule has 3 heterocycles. The standard InChI is InChI=1S/C22H26ClN5O4S/c1-15-12-20(28-21(24-15)25-22(26-28)33-2)32-14-18-13-27(9-11-31-18)19(29)4-3-10-30-17-7-5-16(23)6-8-17/h5-8,12,18H,3-4,9-11,13-14H2,1-2H3. The molecule has 4 rings (SSSR count). The third-order valence-corrected chi connectivity index (χ3v) is 5.89. The van der Waals surface area contributed by atoms with Crippen molar-refractivity contribution in [2.24, 2.45) is 0 Å². The van der Waals surface area contributed by atoms with E-state index in [2.05, 4.69) is 15.1 Å². The molecule has 33 heavy (non-hydrogen) atoms. The van der Waals surface area contributed by atoms with Gasteiger partial charge in [-0.2, -0.15) is 9.50 Å². The monoisotopic (exact) mass is 491 g/mol. The van der Waals surface area contributed by atoms with Crippen LogP contribution >= 0.6 is 23.4 Å². The van der Waals surface area contributed by atoms with Crippen LogP contribution in [-0.2, 0) is 9.53 Å². The molecule has 1 saturated heterocycles. The molecule has 0 saturated carbocycles. The van der Waals surface area contributed by atoms with E-state index in [0.717, 1.165) is 11.4 Å². The predicted molar refractivity (Wildman–Crippen MR) is 125 cm³/mol. The van der Waals surface area contributed by atoms with Crippen LogP contribution in [0.5, 0.6) is 11.6 Å². The number of hydrogen-bond donors (Lipinski definition) is 0. The predicted octanol–water partition coefficient (Wildman–Crippen LogP) is 3.27. The molecule has 1 atom stereocenters. The molecular formula is C22H26ClN5O4S. The van der Waals surface area contributed by atoms with Crippen LogP contribution in [0.25, 0.3) is 5.78 Å². The third-order valence-electron chi connectivity index (χ3n) is 5.10. The van der Waals surface area contributed by atoms with Crippen molar-refractivity contribution in [1.82, 2.24) is 24.5 Å². The van der Waals surface area contributed by atoms with Crippen molar-refractivity contribution >= 4 is 35.0 Å². The average Bonchev–Trinajstić information content (AvgIpc) is 3.24. The van der Waals surface area contributed by atoms with Gasteiger partial charge in [0.05, 0.1) is 19.8 Å². The van der Waals surface area contributed by atoms with E-state index in [1.54, 1.807) is 16.6 Å². The summed E-state index contributed by atoms with van der Waals surface area (Å²) < 4.78 is 19.1. The molecule has 176 valence electrons. The van der Waals surface area contributed by atoms with Gasteiger partial charge in [0.25, 0.3) is 5.78 Å². The number of rotatable bonds is 9. The van der Waals surface area contributed by atoms with E-state index >= 15 is 0 Å². The Morgan fingerprint density at radius 1 is 1.27 bits per heavy atom. The smallest absolute Gasteiger partial charge is 0.256 e. The van der Waals surface area contributed by atoms with Gasteiger partial charge in [0.15, 0.2) is 0 Å². The highest BCUT2D eigenvalue weighted by molar-refractivity contribution is 7.98. The number of aromatic nitrogens is 4. The maximum atomic E-state index is 12.7. The second kappa shape index (κ2) is 11.0. The second-order valence-electron chi connectivity index (χ2n) is 7.60. The molecule has 0 aliphatic carbocycles. The molecular weight excluding hydrogens is 466 g/mol. The fraction of sp³-hybridized carbons (Fsp3) is 0.455. The number of morpholine rings is 1. The summed E-state index contributed by atoms with van der Waals surface area (Å²) in [6.07, 6.45) is 2.74. The maximum absolute atomic E-state index is 12.7. The molecule has 0 bridgehead atoms. The minimum atomic E-state index is -0.222. The number of halogens is 1. The Balaban J connectivity index is 1.25. The summed E-state index contributed by atoms with van der Waals surface area (Å²) in [4.78, 5) is 23.2. The van der Waals surface area contributed by atoms with Crippen LogP contribution in [-0.4, -0.2) is 75.7 Å². The van der Waals surface area contributed by atoms with Gasteiger partial charge in [-0.15, -0.1) is 5.10 Å². The molecule has 0 spiro atoms. The number of hydrogen-bond acceptors (Lipinski definition) is 8. The van der Waals surface area contributed by atoms with E-state index in [-0.39, 0.29) is 12.0 Å². The number of thioether (sulfide) groups is 1. The van der Waals surface area contributed by atoms with Gasteiger partial charge < -0.3 is 19.1 Å². The quantitative estimate of drug-likeness (QED) is 0.332. The number of amides is 1. The van der Waals surface area contributed by atoms with Crippen molar-refractivity contribution in [3.8, 4) is 11.6 Å². The number of ether oxygens (including phenoxy) is 3. The highest BCUT2D eigenvalue weighted by Gasteiger charge is 2.25. The van der Waals surface area contributed by atoms with Gasteiger partial charge in [-0.1, -0.05) is 23.4 Å². The van der Waals surface area contributed by atoms with Gasteiger partial charge >= 0.3 is 0 Å².